The Morgan fingerprint density at radius 3 is 2.33 bits per heavy atom. The number of hydrogen-bond acceptors (Lipinski definition) is 4. The van der Waals surface area contributed by atoms with Crippen molar-refractivity contribution in [2.45, 2.75) is 38.8 Å². The molecule has 0 spiro atoms. The molecule has 0 bridgehead atoms. The van der Waals surface area contributed by atoms with Gasteiger partial charge in [0.2, 0.25) is 0 Å². The predicted molar refractivity (Wildman–Crippen MR) is 85.9 cm³/mol. The van der Waals surface area contributed by atoms with Crippen molar-refractivity contribution >= 4 is 0 Å². The summed E-state index contributed by atoms with van der Waals surface area (Å²) in [5, 5.41) is 0. The van der Waals surface area contributed by atoms with Gasteiger partial charge in [-0.25, -0.2) is 0 Å². The Kier molecular flexibility index (Phi) is 5.48. The average molecular weight is 292 g/mol. The molecular formula is C17H28N2O2. The Hall–Kier alpha value is -1.26. The largest absolute Gasteiger partial charge is 0.497 e. The zero-order chi connectivity index (χ0) is 15.4. The lowest BCUT2D eigenvalue weighted by atomic mass is 9.89. The first kappa shape index (κ1) is 16.1. The van der Waals surface area contributed by atoms with Crippen molar-refractivity contribution in [3.8, 4) is 11.5 Å². The monoisotopic (exact) mass is 292 g/mol. The number of likely N-dealkylation sites (tertiary alicyclic amines) is 1. The summed E-state index contributed by atoms with van der Waals surface area (Å²) in [5.41, 5.74) is 7.28. The van der Waals surface area contributed by atoms with Gasteiger partial charge in [0.05, 0.1) is 14.2 Å². The standard InChI is InChI=1S/C17H28N2O2/c1-12-6-5-7-19(13(12)2)17(11-18)14-8-15(20-3)10-16(9-14)21-4/h8-10,12-13,17H,5-7,11,18H2,1-4H3. The van der Waals surface area contributed by atoms with E-state index in [4.69, 9.17) is 15.2 Å². The van der Waals surface area contributed by atoms with Crippen molar-refractivity contribution in [2.24, 2.45) is 11.7 Å². The second-order valence-corrected chi connectivity index (χ2v) is 6.00. The number of nitrogens with two attached hydrogens (primary N) is 1. The van der Waals surface area contributed by atoms with Crippen molar-refractivity contribution in [2.75, 3.05) is 27.3 Å². The van der Waals surface area contributed by atoms with Crippen LogP contribution in [0.1, 0.15) is 38.3 Å². The Labute approximate surface area is 128 Å². The molecule has 0 aliphatic carbocycles. The highest BCUT2D eigenvalue weighted by Crippen LogP contribution is 2.34. The SMILES string of the molecule is COc1cc(OC)cc(C(CN)N2CCCC(C)C2C)c1. The highest BCUT2D eigenvalue weighted by Gasteiger charge is 2.30. The number of rotatable bonds is 5. The number of benzene rings is 1. The van der Waals surface area contributed by atoms with Crippen LogP contribution in [-0.2, 0) is 0 Å². The Morgan fingerprint density at radius 2 is 1.81 bits per heavy atom. The van der Waals surface area contributed by atoms with Gasteiger partial charge in [0, 0.05) is 24.7 Å². The van der Waals surface area contributed by atoms with E-state index >= 15 is 0 Å². The first-order chi connectivity index (χ1) is 10.1. The van der Waals surface area contributed by atoms with Crippen molar-refractivity contribution in [1.29, 1.82) is 0 Å². The van der Waals surface area contributed by atoms with E-state index in [0.717, 1.165) is 18.0 Å². The van der Waals surface area contributed by atoms with Gasteiger partial charge in [-0.3, -0.25) is 4.90 Å². The van der Waals surface area contributed by atoms with Gasteiger partial charge in [-0.2, -0.15) is 0 Å². The smallest absolute Gasteiger partial charge is 0.122 e. The molecule has 0 radical (unpaired) electrons. The predicted octanol–water partition coefficient (Wildman–Crippen LogP) is 2.82. The lowest BCUT2D eigenvalue weighted by Gasteiger charge is -2.42. The average Bonchev–Trinajstić information content (AvgIpc) is 2.51. The molecule has 1 saturated heterocycles. The summed E-state index contributed by atoms with van der Waals surface area (Å²) < 4.78 is 10.8. The van der Waals surface area contributed by atoms with Crippen molar-refractivity contribution in [3.63, 3.8) is 0 Å². The zero-order valence-electron chi connectivity index (χ0n) is 13.6. The van der Waals surface area contributed by atoms with Gasteiger partial charge in [-0.05, 0) is 49.9 Å². The van der Waals surface area contributed by atoms with Crippen LogP contribution in [-0.4, -0.2) is 38.3 Å². The van der Waals surface area contributed by atoms with E-state index in [1.54, 1.807) is 14.2 Å². The van der Waals surface area contributed by atoms with Crippen LogP contribution in [0.5, 0.6) is 11.5 Å². The number of piperidine rings is 1. The second-order valence-electron chi connectivity index (χ2n) is 6.00. The first-order valence-corrected chi connectivity index (χ1v) is 7.79. The van der Waals surface area contributed by atoms with E-state index in [-0.39, 0.29) is 6.04 Å². The van der Waals surface area contributed by atoms with Crippen molar-refractivity contribution < 1.29 is 9.47 Å². The Morgan fingerprint density at radius 1 is 1.19 bits per heavy atom. The van der Waals surface area contributed by atoms with E-state index in [9.17, 15) is 0 Å². The first-order valence-electron chi connectivity index (χ1n) is 7.79. The molecule has 3 unspecified atom stereocenters. The van der Waals surface area contributed by atoms with E-state index < -0.39 is 0 Å². The number of ether oxygens (including phenoxy) is 2. The molecule has 2 rings (SSSR count). The van der Waals surface area contributed by atoms with Gasteiger partial charge in [-0.1, -0.05) is 6.92 Å². The minimum atomic E-state index is 0.215. The third kappa shape index (κ3) is 3.50. The molecule has 0 amide bonds. The summed E-state index contributed by atoms with van der Waals surface area (Å²) in [6, 6.07) is 6.81. The fourth-order valence-corrected chi connectivity index (χ4v) is 3.29. The van der Waals surface area contributed by atoms with E-state index in [0.29, 0.717) is 18.5 Å². The van der Waals surface area contributed by atoms with Crippen LogP contribution < -0.4 is 15.2 Å². The molecule has 1 aromatic rings. The maximum absolute atomic E-state index is 6.10. The highest BCUT2D eigenvalue weighted by atomic mass is 16.5. The van der Waals surface area contributed by atoms with E-state index in [1.807, 2.05) is 6.07 Å². The van der Waals surface area contributed by atoms with Gasteiger partial charge < -0.3 is 15.2 Å². The second kappa shape index (κ2) is 7.14. The lowest BCUT2D eigenvalue weighted by Crippen LogP contribution is -2.46. The Bertz CT molecular complexity index is 442. The van der Waals surface area contributed by atoms with Gasteiger partial charge >= 0.3 is 0 Å². The van der Waals surface area contributed by atoms with Crippen molar-refractivity contribution in [1.82, 2.24) is 4.90 Å². The van der Waals surface area contributed by atoms with E-state index in [1.165, 1.54) is 18.4 Å². The van der Waals surface area contributed by atoms with Gasteiger partial charge in [-0.15, -0.1) is 0 Å². The van der Waals surface area contributed by atoms with Crippen LogP contribution in [0.3, 0.4) is 0 Å². The summed E-state index contributed by atoms with van der Waals surface area (Å²) in [6.45, 7) is 6.35. The van der Waals surface area contributed by atoms with Crippen molar-refractivity contribution in [3.05, 3.63) is 23.8 Å². The third-order valence-corrected chi connectivity index (χ3v) is 4.80. The highest BCUT2D eigenvalue weighted by molar-refractivity contribution is 5.40. The number of hydrogen-bond donors (Lipinski definition) is 1. The summed E-state index contributed by atoms with van der Waals surface area (Å²) in [5.74, 6) is 2.35. The molecule has 0 saturated carbocycles. The molecule has 4 nitrogen and oxygen atoms in total. The summed E-state index contributed by atoms with van der Waals surface area (Å²) >= 11 is 0. The van der Waals surface area contributed by atoms with Gasteiger partial charge in [0.15, 0.2) is 0 Å². The molecule has 21 heavy (non-hydrogen) atoms. The molecule has 2 N–H and O–H groups in total. The Balaban J connectivity index is 2.31. The summed E-state index contributed by atoms with van der Waals surface area (Å²) in [7, 11) is 3.36. The fourth-order valence-electron chi connectivity index (χ4n) is 3.29. The molecule has 1 aliphatic heterocycles. The summed E-state index contributed by atoms with van der Waals surface area (Å²) in [6.07, 6.45) is 2.54. The molecule has 118 valence electrons. The number of nitrogens with zero attached hydrogens (tertiary/aromatic N) is 1. The molecular weight excluding hydrogens is 264 g/mol. The number of methoxy groups -OCH3 is 2. The van der Waals surface area contributed by atoms with Crippen LogP contribution >= 0.6 is 0 Å². The van der Waals surface area contributed by atoms with Crippen LogP contribution in [0, 0.1) is 5.92 Å². The lowest BCUT2D eigenvalue weighted by molar-refractivity contribution is 0.0708. The molecule has 3 atom stereocenters. The van der Waals surface area contributed by atoms with Crippen LogP contribution in [0.4, 0.5) is 0 Å². The topological polar surface area (TPSA) is 47.7 Å². The molecule has 0 aromatic heterocycles. The quantitative estimate of drug-likeness (QED) is 0.906. The minimum Gasteiger partial charge on any atom is -0.497 e. The molecule has 1 aliphatic rings. The van der Waals surface area contributed by atoms with Crippen LogP contribution in [0.2, 0.25) is 0 Å². The van der Waals surface area contributed by atoms with Crippen LogP contribution in [0.15, 0.2) is 18.2 Å². The maximum Gasteiger partial charge on any atom is 0.122 e. The zero-order valence-corrected chi connectivity index (χ0v) is 13.6. The van der Waals surface area contributed by atoms with Gasteiger partial charge in [0.1, 0.15) is 11.5 Å². The normalized spacial score (nSPS) is 24.6. The van der Waals surface area contributed by atoms with E-state index in [2.05, 4.69) is 30.9 Å². The minimum absolute atomic E-state index is 0.215. The summed E-state index contributed by atoms with van der Waals surface area (Å²) in [4.78, 5) is 2.53. The molecule has 4 heteroatoms. The van der Waals surface area contributed by atoms with Gasteiger partial charge in [0.25, 0.3) is 0 Å². The van der Waals surface area contributed by atoms with Crippen LogP contribution in [0.25, 0.3) is 0 Å². The molecule has 1 heterocycles. The maximum atomic E-state index is 6.10. The molecule has 1 aromatic carbocycles. The fraction of sp³-hybridized carbons (Fsp3) is 0.647. The third-order valence-electron chi connectivity index (χ3n) is 4.80. The molecule has 1 fully saturated rings.